The Balaban J connectivity index is 1.71. The van der Waals surface area contributed by atoms with Crippen molar-refractivity contribution in [1.29, 1.82) is 0 Å². The molecule has 0 aliphatic rings. The first-order valence-electron chi connectivity index (χ1n) is 26.2. The van der Waals surface area contributed by atoms with Crippen LogP contribution in [0.25, 0.3) is 76.8 Å². The Labute approximate surface area is 285 Å². The normalized spacial score (nSPS) is 20.7. The van der Waals surface area contributed by atoms with E-state index in [1.54, 1.807) is 0 Å². The highest BCUT2D eigenvalue weighted by Crippen LogP contribution is 2.46. The van der Waals surface area contributed by atoms with Crippen molar-refractivity contribution in [3.05, 3.63) is 169 Å². The predicted octanol–water partition coefficient (Wildman–Crippen LogP) is 11.8. The number of benzene rings is 8. The minimum atomic E-state index is -1.12. The number of fused-ring (bicyclic) bond motifs is 3. The summed E-state index contributed by atoms with van der Waals surface area (Å²) in [5.41, 5.74) is -6.73. The van der Waals surface area contributed by atoms with Crippen molar-refractivity contribution in [2.24, 2.45) is 0 Å². The molecule has 0 amide bonds. The second-order valence-electron chi connectivity index (χ2n) is 8.75. The highest BCUT2D eigenvalue weighted by Gasteiger charge is 2.18. The summed E-state index contributed by atoms with van der Waals surface area (Å²) in [6.07, 6.45) is 0. The number of hydrogen-bond donors (Lipinski definition) is 0. The molecule has 0 aliphatic carbocycles. The van der Waals surface area contributed by atoms with Crippen LogP contribution >= 0.6 is 0 Å². The minimum Gasteiger partial charge on any atom is -0.0622 e. The summed E-state index contributed by atoms with van der Waals surface area (Å²) in [6.45, 7) is 0. The van der Waals surface area contributed by atoms with E-state index in [0.29, 0.717) is 0 Å². The molecule has 8 aromatic rings. The van der Waals surface area contributed by atoms with Gasteiger partial charge in [-0.15, -0.1) is 0 Å². The number of rotatable bonds is 4. The van der Waals surface area contributed by atoms with Crippen LogP contribution in [0, 0.1) is 0 Å². The summed E-state index contributed by atoms with van der Waals surface area (Å²) in [4.78, 5) is 0. The summed E-state index contributed by atoms with van der Waals surface area (Å²) in [5.74, 6) is 0. The van der Waals surface area contributed by atoms with Crippen LogP contribution in [0.5, 0.6) is 0 Å². The molecule has 0 spiro atoms. The summed E-state index contributed by atoms with van der Waals surface area (Å²) in [7, 11) is 0. The minimum absolute atomic E-state index is 0.596. The maximum absolute atomic E-state index is 9.45. The lowest BCUT2D eigenvalue weighted by Gasteiger charge is -2.20. The van der Waals surface area contributed by atoms with Gasteiger partial charge in [0.05, 0.1) is 38.4 Å². The summed E-state index contributed by atoms with van der Waals surface area (Å²) < 4.78 is 249. The molecular formula is C42H28. The van der Waals surface area contributed by atoms with Gasteiger partial charge in [-0.1, -0.05) is 163 Å². The molecular weight excluding hydrogens is 504 g/mol. The van der Waals surface area contributed by atoms with E-state index >= 15 is 0 Å². The van der Waals surface area contributed by atoms with Crippen LogP contribution in [-0.4, -0.2) is 0 Å². The Morgan fingerprint density at radius 1 is 0.286 bits per heavy atom. The van der Waals surface area contributed by atoms with Crippen molar-refractivity contribution in [3.63, 3.8) is 0 Å². The van der Waals surface area contributed by atoms with Crippen LogP contribution in [0.3, 0.4) is 0 Å². The van der Waals surface area contributed by atoms with Crippen LogP contribution in [0.15, 0.2) is 169 Å². The molecule has 0 atom stereocenters. The molecule has 8 aromatic carbocycles. The van der Waals surface area contributed by atoms with Crippen molar-refractivity contribution in [1.82, 2.24) is 0 Å². The van der Waals surface area contributed by atoms with Crippen LogP contribution in [-0.2, 0) is 0 Å². The van der Waals surface area contributed by atoms with Gasteiger partial charge in [0.15, 0.2) is 0 Å². The maximum Gasteiger partial charge on any atom is 0.0636 e. The molecule has 0 saturated heterocycles. The topological polar surface area (TPSA) is 0 Å². The zero-order valence-electron chi connectivity index (χ0n) is 49.0. The molecule has 0 heterocycles. The molecule has 0 N–H and O–H groups in total. The van der Waals surface area contributed by atoms with E-state index in [1.165, 1.54) is 0 Å². The second-order valence-corrected chi connectivity index (χ2v) is 8.75. The average Bonchev–Trinajstić information content (AvgIpc) is 3.33. The van der Waals surface area contributed by atoms with Gasteiger partial charge in [0, 0.05) is 0 Å². The summed E-state index contributed by atoms with van der Waals surface area (Å²) in [6, 6.07) is -27.7. The average molecular weight is 561 g/mol. The zero-order chi connectivity index (χ0) is 52.2. The van der Waals surface area contributed by atoms with E-state index in [4.69, 9.17) is 24.7 Å². The Morgan fingerprint density at radius 2 is 0.738 bits per heavy atom. The van der Waals surface area contributed by atoms with E-state index in [0.717, 1.165) is 0 Å². The van der Waals surface area contributed by atoms with Crippen molar-refractivity contribution in [3.8, 4) is 44.5 Å². The molecule has 196 valence electrons. The highest BCUT2D eigenvalue weighted by molar-refractivity contribution is 6.22. The second kappa shape index (κ2) is 10.2. The molecule has 0 aliphatic heterocycles. The molecule has 0 radical (unpaired) electrons. The van der Waals surface area contributed by atoms with Gasteiger partial charge in [-0.25, -0.2) is 0 Å². The molecule has 0 saturated carbocycles. The van der Waals surface area contributed by atoms with E-state index in [9.17, 15) is 13.7 Å². The van der Waals surface area contributed by atoms with Crippen LogP contribution < -0.4 is 0 Å². The first kappa shape index (κ1) is 9.02. The van der Waals surface area contributed by atoms with Crippen molar-refractivity contribution in [2.75, 3.05) is 0 Å². The SMILES string of the molecule is [2H]c1c([2H])c([2H])c(-c2c([2H])c([2H])c(-c3c([2H])c([2H])c([2H])c([2H])c3-c3c4c([2H])c([2H])c([2H])c([2H])c4c(-c4c([2H])c([2H])c5c([2H])c([2H])c([2H])c([2H])c5c4[2H])c4c([2H])c([2H])c([2H])c([2H])c34)c([2H])c2[2H])c([2H])c1[2H]. The largest absolute Gasteiger partial charge is 0.0636 e. The third-order valence-electron chi connectivity index (χ3n) is 6.44. The smallest absolute Gasteiger partial charge is 0.0622 e. The van der Waals surface area contributed by atoms with E-state index in [2.05, 4.69) is 0 Å². The van der Waals surface area contributed by atoms with Crippen LogP contribution in [0.4, 0.5) is 0 Å². The summed E-state index contributed by atoms with van der Waals surface area (Å²) >= 11 is 0. The van der Waals surface area contributed by atoms with Gasteiger partial charge in [0.2, 0.25) is 0 Å². The lowest BCUT2D eigenvalue weighted by Crippen LogP contribution is -1.92. The molecule has 0 heteroatoms. The van der Waals surface area contributed by atoms with E-state index in [-0.39, 0.29) is 0 Å². The molecule has 0 fully saturated rings. The molecule has 0 nitrogen and oxygen atoms in total. The molecule has 0 aromatic heterocycles. The first-order valence-corrected chi connectivity index (χ1v) is 12.2. The van der Waals surface area contributed by atoms with Gasteiger partial charge < -0.3 is 0 Å². The highest BCUT2D eigenvalue weighted by atomic mass is 14.2. The van der Waals surface area contributed by atoms with Crippen molar-refractivity contribution >= 4 is 32.3 Å². The fourth-order valence-corrected chi connectivity index (χ4v) is 4.66. The predicted molar refractivity (Wildman–Crippen MR) is 181 cm³/mol. The third-order valence-corrected chi connectivity index (χ3v) is 6.44. The Morgan fingerprint density at radius 3 is 1.40 bits per heavy atom. The fraction of sp³-hybridized carbons (Fsp3) is 0. The zero-order valence-corrected chi connectivity index (χ0v) is 21.0. The molecule has 8 rings (SSSR count). The maximum atomic E-state index is 9.45. The van der Waals surface area contributed by atoms with E-state index in [1.807, 2.05) is 0 Å². The van der Waals surface area contributed by atoms with Crippen LogP contribution in [0.1, 0.15) is 38.4 Å². The Kier molecular flexibility index (Phi) is 2.19. The van der Waals surface area contributed by atoms with Gasteiger partial charge in [-0.2, -0.15) is 0 Å². The Hall–Kier alpha value is -5.46. The lowest BCUT2D eigenvalue weighted by molar-refractivity contribution is 1.58. The Bertz CT molecular complexity index is 3660. The third kappa shape index (κ3) is 4.08. The van der Waals surface area contributed by atoms with Gasteiger partial charge in [-0.05, 0) is 82.9 Å². The molecule has 0 unspecified atom stereocenters. The van der Waals surface area contributed by atoms with Gasteiger partial charge in [-0.3, -0.25) is 0 Å². The number of hydrogen-bond acceptors (Lipinski definition) is 0. The van der Waals surface area contributed by atoms with Gasteiger partial charge >= 0.3 is 0 Å². The standard InChI is InChI=1S/C42H28/c1-2-12-29(13-3-1)31-22-25-32(26-23-31)35-16-6-7-17-36(35)42-39-20-10-8-18-37(39)41(38-19-9-11-21-40(38)42)34-27-24-30-14-4-5-15-33(30)28-34/h1-28H/i1D,2D,3D,4D,5D,6D,7D,8D,9D,10D,11D,12D,13D,14D,15D,16D,17D,18D,19D,20D,21D,22D,23D,24D,25D,26D,27D,28D. The first-order chi connectivity index (χ1) is 32.5. The monoisotopic (exact) mass is 560 g/mol. The lowest BCUT2D eigenvalue weighted by atomic mass is 9.83. The van der Waals surface area contributed by atoms with Crippen molar-refractivity contribution < 1.29 is 38.4 Å². The molecule has 42 heavy (non-hydrogen) atoms. The quantitative estimate of drug-likeness (QED) is 0.188. The molecule has 0 bridgehead atoms. The van der Waals surface area contributed by atoms with Crippen LogP contribution in [0.2, 0.25) is 0 Å². The van der Waals surface area contributed by atoms with E-state index < -0.39 is 246 Å². The van der Waals surface area contributed by atoms with Gasteiger partial charge in [0.25, 0.3) is 0 Å². The van der Waals surface area contributed by atoms with Crippen molar-refractivity contribution in [2.45, 2.75) is 0 Å². The fourth-order valence-electron chi connectivity index (χ4n) is 4.66. The van der Waals surface area contributed by atoms with Gasteiger partial charge in [0.1, 0.15) is 0 Å². The summed E-state index contributed by atoms with van der Waals surface area (Å²) in [5, 5.41) is -4.43.